The van der Waals surface area contributed by atoms with Crippen LogP contribution < -0.4 is 0 Å². The molecule has 2 unspecified atom stereocenters. The topological polar surface area (TPSA) is 26.3 Å². The maximum atomic E-state index is 8.81. The molecule has 0 aromatic carbocycles. The van der Waals surface area contributed by atoms with Gasteiger partial charge in [-0.3, -0.25) is 0 Å². The molecule has 114 valence electrons. The Labute approximate surface area is 123 Å². The molecule has 1 rings (SSSR count). The molecule has 1 heterocycles. The Morgan fingerprint density at radius 3 is 2.05 bits per heavy atom. The first-order valence-corrected chi connectivity index (χ1v) is 7.85. The Morgan fingerprint density at radius 1 is 1.37 bits per heavy atom. The molecule has 3 heteroatoms. The summed E-state index contributed by atoms with van der Waals surface area (Å²) in [5.41, 5.74) is 0. The zero-order valence-electron chi connectivity index (χ0n) is 14.1. The van der Waals surface area contributed by atoms with E-state index in [1.807, 2.05) is 13.8 Å². The third kappa shape index (κ3) is 27.0. The predicted octanol–water partition coefficient (Wildman–Crippen LogP) is 4.82. The summed E-state index contributed by atoms with van der Waals surface area (Å²) in [6.45, 7) is 13.9. The summed E-state index contributed by atoms with van der Waals surface area (Å²) in [5, 5.41) is 0. The fraction of sp³-hybridized carbons (Fsp3) is 0.938. The second-order valence-corrected chi connectivity index (χ2v) is 4.52. The lowest BCUT2D eigenvalue weighted by Crippen LogP contribution is -2.11. The first-order valence-electron chi connectivity index (χ1n) is 7.85. The van der Waals surface area contributed by atoms with Gasteiger partial charge in [0.2, 0.25) is 0 Å². The lowest BCUT2D eigenvalue weighted by molar-refractivity contribution is -0.106. The van der Waals surface area contributed by atoms with E-state index in [1.165, 1.54) is 26.2 Å². The highest BCUT2D eigenvalue weighted by atomic mass is 16.5. The van der Waals surface area contributed by atoms with E-state index in [1.54, 1.807) is 0 Å². The van der Waals surface area contributed by atoms with Crippen molar-refractivity contribution in [2.75, 3.05) is 13.2 Å². The zero-order valence-corrected chi connectivity index (χ0v) is 14.1. The van der Waals surface area contributed by atoms with Crippen LogP contribution in [0, 0.1) is 5.92 Å². The molecular formula is C16H35BO2. The van der Waals surface area contributed by atoms with Gasteiger partial charge >= 0.3 is 0 Å². The zero-order chi connectivity index (χ0) is 15.5. The van der Waals surface area contributed by atoms with Gasteiger partial charge < -0.3 is 9.53 Å². The van der Waals surface area contributed by atoms with Crippen molar-refractivity contribution < 1.29 is 9.53 Å². The van der Waals surface area contributed by atoms with Crippen LogP contribution in [0.4, 0.5) is 0 Å². The van der Waals surface area contributed by atoms with Crippen LogP contribution in [0.3, 0.4) is 0 Å². The van der Waals surface area contributed by atoms with E-state index in [-0.39, 0.29) is 0 Å². The van der Waals surface area contributed by atoms with Crippen molar-refractivity contribution >= 4 is 14.1 Å². The monoisotopic (exact) mass is 270 g/mol. The summed E-state index contributed by atoms with van der Waals surface area (Å²) in [5.74, 6) is 1.26. The fourth-order valence-corrected chi connectivity index (χ4v) is 1.46. The van der Waals surface area contributed by atoms with Crippen LogP contribution in [-0.4, -0.2) is 27.3 Å². The molecule has 0 amide bonds. The first-order chi connectivity index (χ1) is 9.12. The molecule has 1 aliphatic rings. The molecular weight excluding hydrogens is 235 g/mol. The summed E-state index contributed by atoms with van der Waals surface area (Å²) >= 11 is 0. The average Bonchev–Trinajstić information content (AvgIpc) is 2.44. The van der Waals surface area contributed by atoms with Crippen molar-refractivity contribution in [2.24, 2.45) is 5.92 Å². The minimum absolute atomic E-state index is 0.314. The Kier molecular flexibility index (Phi) is 28.6. The molecule has 1 fully saturated rings. The van der Waals surface area contributed by atoms with Gasteiger partial charge in [-0.1, -0.05) is 66.1 Å². The van der Waals surface area contributed by atoms with Gasteiger partial charge in [0, 0.05) is 13.2 Å². The summed E-state index contributed by atoms with van der Waals surface area (Å²) in [7, 11) is 5.51. The van der Waals surface area contributed by atoms with Crippen LogP contribution in [-0.2, 0) is 9.53 Å². The van der Waals surface area contributed by atoms with Crippen LogP contribution in [0.25, 0.3) is 0 Å². The van der Waals surface area contributed by atoms with Gasteiger partial charge in [-0.15, -0.1) is 0 Å². The molecule has 0 N–H and O–H groups in total. The summed E-state index contributed by atoms with van der Waals surface area (Å²) in [6.07, 6.45) is 7.11. The third-order valence-corrected chi connectivity index (χ3v) is 2.67. The molecule has 0 bridgehead atoms. The molecule has 1 aliphatic heterocycles. The van der Waals surface area contributed by atoms with Crippen molar-refractivity contribution in [1.29, 1.82) is 0 Å². The minimum atomic E-state index is 0.314. The molecule has 0 aromatic rings. The number of aldehydes is 1. The van der Waals surface area contributed by atoms with Crippen molar-refractivity contribution in [3.05, 3.63) is 0 Å². The van der Waals surface area contributed by atoms with E-state index in [4.69, 9.17) is 17.4 Å². The molecule has 0 aliphatic carbocycles. The van der Waals surface area contributed by atoms with Crippen molar-refractivity contribution in [3.63, 3.8) is 0 Å². The van der Waals surface area contributed by atoms with Gasteiger partial charge in [0.25, 0.3) is 0 Å². The maximum absolute atomic E-state index is 8.81. The Bertz CT molecular complexity index is 143. The van der Waals surface area contributed by atoms with Crippen LogP contribution in [0.5, 0.6) is 0 Å². The van der Waals surface area contributed by atoms with E-state index in [2.05, 4.69) is 20.8 Å². The Morgan fingerprint density at radius 2 is 1.89 bits per heavy atom. The van der Waals surface area contributed by atoms with Crippen LogP contribution >= 0.6 is 0 Å². The Hall–Kier alpha value is -0.305. The third-order valence-electron chi connectivity index (χ3n) is 2.67. The lowest BCUT2D eigenvalue weighted by Gasteiger charge is -2.17. The highest BCUT2D eigenvalue weighted by Crippen LogP contribution is 2.13. The van der Waals surface area contributed by atoms with Crippen LogP contribution in [0.15, 0.2) is 0 Å². The van der Waals surface area contributed by atoms with E-state index in [0.29, 0.717) is 5.82 Å². The second kappa shape index (κ2) is 22.8. The fourth-order valence-electron chi connectivity index (χ4n) is 1.46. The number of hydrogen-bond acceptors (Lipinski definition) is 2. The summed E-state index contributed by atoms with van der Waals surface area (Å²) in [6, 6.07) is 0. The molecule has 0 saturated carbocycles. The largest absolute Gasteiger partial charge is 0.382 e. The smallest absolute Gasteiger partial charge is 0.116 e. The van der Waals surface area contributed by atoms with Crippen molar-refractivity contribution in [1.82, 2.24) is 0 Å². The van der Waals surface area contributed by atoms with Crippen LogP contribution in [0.2, 0.25) is 5.82 Å². The normalized spacial score (nSPS) is 18.3. The van der Waals surface area contributed by atoms with E-state index < -0.39 is 0 Å². The Balaban J connectivity index is -0.000000203. The molecule has 2 atom stereocenters. The van der Waals surface area contributed by atoms with Gasteiger partial charge in [0.05, 0.1) is 7.85 Å². The predicted molar refractivity (Wildman–Crippen MR) is 87.0 cm³/mol. The van der Waals surface area contributed by atoms with Crippen molar-refractivity contribution in [2.45, 2.75) is 79.5 Å². The number of rotatable bonds is 3. The van der Waals surface area contributed by atoms with E-state index in [9.17, 15) is 0 Å². The molecule has 2 nitrogen and oxygen atoms in total. The molecule has 19 heavy (non-hydrogen) atoms. The highest BCUT2D eigenvalue weighted by Gasteiger charge is 2.05. The first kappa shape index (κ1) is 23.8. The number of ether oxygens (including phenoxy) is 1. The number of carbonyl (C=O) groups is 1. The van der Waals surface area contributed by atoms with Gasteiger partial charge in [0.1, 0.15) is 6.29 Å². The van der Waals surface area contributed by atoms with Crippen molar-refractivity contribution in [3.8, 4) is 0 Å². The molecule has 0 spiro atoms. The van der Waals surface area contributed by atoms with Gasteiger partial charge in [-0.05, 0) is 19.3 Å². The SMILES string of the molecule is CC.CC=O.CCCC(C)CC.[B]C1CCCOC1. The number of carbonyl (C=O) groups excluding carboxylic acids is 1. The summed E-state index contributed by atoms with van der Waals surface area (Å²) < 4.78 is 5.06. The van der Waals surface area contributed by atoms with E-state index in [0.717, 1.165) is 38.3 Å². The molecule has 1 saturated heterocycles. The maximum Gasteiger partial charge on any atom is 0.116 e. The quantitative estimate of drug-likeness (QED) is 0.543. The highest BCUT2D eigenvalue weighted by molar-refractivity contribution is 6.11. The summed E-state index contributed by atoms with van der Waals surface area (Å²) in [4.78, 5) is 8.81. The van der Waals surface area contributed by atoms with Gasteiger partial charge in [-0.25, -0.2) is 0 Å². The lowest BCUT2D eigenvalue weighted by atomic mass is 9.83. The number of hydrogen-bond donors (Lipinski definition) is 0. The average molecular weight is 270 g/mol. The molecule has 2 radical (unpaired) electrons. The van der Waals surface area contributed by atoms with Gasteiger partial charge in [0.15, 0.2) is 0 Å². The minimum Gasteiger partial charge on any atom is -0.382 e. The van der Waals surface area contributed by atoms with E-state index >= 15 is 0 Å². The van der Waals surface area contributed by atoms with Crippen LogP contribution in [0.1, 0.15) is 73.6 Å². The molecule has 0 aromatic heterocycles. The standard InChI is InChI=1S/C7H16.C5H9BO.C2H4O.C2H6/c1-4-6-7(3)5-2;6-5-2-1-3-7-4-5;1-2-3;1-2/h7H,4-6H2,1-3H3;5H,1-4H2;2H,1H3;1-2H3. The second-order valence-electron chi connectivity index (χ2n) is 4.52. The van der Waals surface area contributed by atoms with Gasteiger partial charge in [-0.2, -0.15) is 0 Å².